The van der Waals surface area contributed by atoms with E-state index in [-0.39, 0.29) is 11.4 Å². The molecule has 7 heteroatoms. The quantitative estimate of drug-likeness (QED) is 0.594. The first-order chi connectivity index (χ1) is 13.4. The summed E-state index contributed by atoms with van der Waals surface area (Å²) in [6.07, 6.45) is 0. The van der Waals surface area contributed by atoms with Gasteiger partial charge in [0.1, 0.15) is 17.3 Å². The molecule has 0 unspecified atom stereocenters. The van der Waals surface area contributed by atoms with E-state index in [2.05, 4.69) is 0 Å². The van der Waals surface area contributed by atoms with Gasteiger partial charge in [-0.3, -0.25) is 4.31 Å². The summed E-state index contributed by atoms with van der Waals surface area (Å²) in [7, 11) is -0.838. The summed E-state index contributed by atoms with van der Waals surface area (Å²) in [5.74, 6) is 0.741. The third-order valence-corrected chi connectivity index (χ3v) is 6.01. The summed E-state index contributed by atoms with van der Waals surface area (Å²) < 4.78 is 51.6. The summed E-state index contributed by atoms with van der Waals surface area (Å²) in [5, 5.41) is 0. The van der Waals surface area contributed by atoms with E-state index in [1.54, 1.807) is 37.4 Å². The molecule has 3 rings (SSSR count). The standard InChI is InChI=1S/C21H20FNO4S/c1-26-19-10-12-21(13-11-19)28(24,25)23(18-8-6-17(22)7-9-18)15-16-4-3-5-20(14-16)27-2/h3-14H,15H2,1-2H3. The third kappa shape index (κ3) is 4.26. The molecule has 3 aromatic rings. The minimum absolute atomic E-state index is 0.0667. The fourth-order valence-corrected chi connectivity index (χ4v) is 4.19. The molecule has 146 valence electrons. The molecule has 0 bridgehead atoms. The molecule has 0 spiro atoms. The van der Waals surface area contributed by atoms with E-state index in [9.17, 15) is 12.8 Å². The monoisotopic (exact) mass is 401 g/mol. The number of hydrogen-bond acceptors (Lipinski definition) is 4. The van der Waals surface area contributed by atoms with Gasteiger partial charge < -0.3 is 9.47 Å². The van der Waals surface area contributed by atoms with Crippen LogP contribution in [0, 0.1) is 5.82 Å². The van der Waals surface area contributed by atoms with E-state index in [0.717, 1.165) is 5.56 Å². The minimum atomic E-state index is -3.90. The first-order valence-electron chi connectivity index (χ1n) is 8.49. The SMILES string of the molecule is COc1ccc(S(=O)(=O)N(Cc2cccc(OC)c2)c2ccc(F)cc2)cc1. The van der Waals surface area contributed by atoms with Gasteiger partial charge in [0, 0.05) is 0 Å². The van der Waals surface area contributed by atoms with Gasteiger partial charge in [-0.05, 0) is 66.2 Å². The zero-order valence-electron chi connectivity index (χ0n) is 15.5. The van der Waals surface area contributed by atoms with E-state index in [0.29, 0.717) is 17.2 Å². The zero-order valence-corrected chi connectivity index (χ0v) is 16.3. The molecule has 0 aromatic heterocycles. The number of nitrogens with zero attached hydrogens (tertiary/aromatic N) is 1. The lowest BCUT2D eigenvalue weighted by Crippen LogP contribution is -2.30. The highest BCUT2D eigenvalue weighted by molar-refractivity contribution is 7.92. The highest BCUT2D eigenvalue weighted by Crippen LogP contribution is 2.28. The van der Waals surface area contributed by atoms with Gasteiger partial charge in [-0.1, -0.05) is 12.1 Å². The maximum atomic E-state index is 13.4. The van der Waals surface area contributed by atoms with Crippen molar-refractivity contribution in [3.8, 4) is 11.5 Å². The van der Waals surface area contributed by atoms with Crippen LogP contribution in [0.5, 0.6) is 11.5 Å². The van der Waals surface area contributed by atoms with Gasteiger partial charge in [0.05, 0.1) is 31.3 Å². The predicted octanol–water partition coefficient (Wildman–Crippen LogP) is 4.24. The number of halogens is 1. The van der Waals surface area contributed by atoms with Crippen LogP contribution in [0.25, 0.3) is 0 Å². The summed E-state index contributed by atoms with van der Waals surface area (Å²) in [5.41, 5.74) is 1.10. The number of rotatable bonds is 7. The number of sulfonamides is 1. The van der Waals surface area contributed by atoms with Crippen molar-refractivity contribution in [3.63, 3.8) is 0 Å². The van der Waals surface area contributed by atoms with Crippen molar-refractivity contribution in [2.24, 2.45) is 0 Å². The average Bonchev–Trinajstić information content (AvgIpc) is 2.73. The lowest BCUT2D eigenvalue weighted by atomic mass is 10.2. The van der Waals surface area contributed by atoms with Crippen LogP contribution < -0.4 is 13.8 Å². The topological polar surface area (TPSA) is 55.8 Å². The predicted molar refractivity (Wildman–Crippen MR) is 106 cm³/mol. The van der Waals surface area contributed by atoms with Crippen molar-refractivity contribution in [3.05, 3.63) is 84.2 Å². The maximum Gasteiger partial charge on any atom is 0.264 e. The minimum Gasteiger partial charge on any atom is -0.497 e. The summed E-state index contributed by atoms with van der Waals surface area (Å²) in [6.45, 7) is 0.0667. The molecule has 0 atom stereocenters. The Kier molecular flexibility index (Phi) is 5.84. The molecule has 0 aliphatic rings. The molecule has 3 aromatic carbocycles. The molecule has 0 radical (unpaired) electrons. The van der Waals surface area contributed by atoms with Gasteiger partial charge in [0.2, 0.25) is 0 Å². The number of methoxy groups -OCH3 is 2. The molecular formula is C21H20FNO4S. The van der Waals surface area contributed by atoms with E-state index < -0.39 is 15.8 Å². The van der Waals surface area contributed by atoms with Crippen molar-refractivity contribution in [2.45, 2.75) is 11.4 Å². The van der Waals surface area contributed by atoms with Crippen LogP contribution in [0.1, 0.15) is 5.56 Å². The first-order valence-corrected chi connectivity index (χ1v) is 9.93. The molecule has 0 saturated heterocycles. The second-order valence-corrected chi connectivity index (χ2v) is 7.88. The van der Waals surface area contributed by atoms with Crippen molar-refractivity contribution < 1.29 is 22.3 Å². The first kappa shape index (κ1) is 19.7. The molecule has 0 fully saturated rings. The Labute approximate surface area is 164 Å². The molecule has 0 amide bonds. The molecule has 0 heterocycles. The van der Waals surface area contributed by atoms with Crippen LogP contribution in [0.3, 0.4) is 0 Å². The van der Waals surface area contributed by atoms with Crippen LogP contribution in [-0.2, 0) is 16.6 Å². The van der Waals surface area contributed by atoms with Crippen molar-refractivity contribution in [1.82, 2.24) is 0 Å². The van der Waals surface area contributed by atoms with Crippen LogP contribution in [0.4, 0.5) is 10.1 Å². The Morgan fingerprint density at radius 1 is 0.857 bits per heavy atom. The molecule has 0 aliphatic heterocycles. The van der Waals surface area contributed by atoms with Crippen molar-refractivity contribution in [1.29, 1.82) is 0 Å². The second-order valence-electron chi connectivity index (χ2n) is 6.02. The fraction of sp³-hybridized carbons (Fsp3) is 0.143. The largest absolute Gasteiger partial charge is 0.497 e. The second kappa shape index (κ2) is 8.31. The molecule has 5 nitrogen and oxygen atoms in total. The van der Waals surface area contributed by atoms with Crippen LogP contribution >= 0.6 is 0 Å². The smallest absolute Gasteiger partial charge is 0.264 e. The number of hydrogen-bond donors (Lipinski definition) is 0. The van der Waals surface area contributed by atoms with Crippen molar-refractivity contribution in [2.75, 3.05) is 18.5 Å². The van der Waals surface area contributed by atoms with Gasteiger partial charge in [0.15, 0.2) is 0 Å². The van der Waals surface area contributed by atoms with E-state index >= 15 is 0 Å². The normalized spacial score (nSPS) is 11.1. The Bertz CT molecular complexity index is 1030. The Hall–Kier alpha value is -3.06. The van der Waals surface area contributed by atoms with E-state index in [4.69, 9.17) is 9.47 Å². The number of anilines is 1. The Morgan fingerprint density at radius 3 is 2.11 bits per heavy atom. The van der Waals surface area contributed by atoms with E-state index in [1.165, 1.54) is 47.8 Å². The lowest BCUT2D eigenvalue weighted by molar-refractivity contribution is 0.414. The highest BCUT2D eigenvalue weighted by atomic mass is 32.2. The van der Waals surface area contributed by atoms with Crippen molar-refractivity contribution >= 4 is 15.7 Å². The zero-order chi connectivity index (χ0) is 20.1. The highest BCUT2D eigenvalue weighted by Gasteiger charge is 2.25. The molecule has 28 heavy (non-hydrogen) atoms. The maximum absolute atomic E-state index is 13.4. The summed E-state index contributed by atoms with van der Waals surface area (Å²) >= 11 is 0. The van der Waals surface area contributed by atoms with Gasteiger partial charge in [-0.25, -0.2) is 12.8 Å². The van der Waals surface area contributed by atoms with E-state index in [1.807, 2.05) is 6.07 Å². The molecule has 0 N–H and O–H groups in total. The van der Waals surface area contributed by atoms with Gasteiger partial charge >= 0.3 is 0 Å². The lowest BCUT2D eigenvalue weighted by Gasteiger charge is -2.25. The van der Waals surface area contributed by atoms with Crippen LogP contribution in [-0.4, -0.2) is 22.6 Å². The average molecular weight is 401 g/mol. The molecule has 0 saturated carbocycles. The number of ether oxygens (including phenoxy) is 2. The fourth-order valence-electron chi connectivity index (χ4n) is 2.73. The Morgan fingerprint density at radius 2 is 1.50 bits per heavy atom. The van der Waals surface area contributed by atoms with Crippen LogP contribution in [0.15, 0.2) is 77.7 Å². The third-order valence-electron chi connectivity index (χ3n) is 4.22. The molecule has 0 aliphatic carbocycles. The number of benzene rings is 3. The van der Waals surface area contributed by atoms with Gasteiger partial charge in [-0.15, -0.1) is 0 Å². The van der Waals surface area contributed by atoms with Gasteiger partial charge in [0.25, 0.3) is 10.0 Å². The summed E-state index contributed by atoms with van der Waals surface area (Å²) in [6, 6.07) is 18.6. The van der Waals surface area contributed by atoms with Gasteiger partial charge in [-0.2, -0.15) is 0 Å². The Balaban J connectivity index is 2.04. The summed E-state index contributed by atoms with van der Waals surface area (Å²) in [4.78, 5) is 0.112. The molecular weight excluding hydrogens is 381 g/mol. The van der Waals surface area contributed by atoms with Crippen LogP contribution in [0.2, 0.25) is 0 Å².